The van der Waals surface area contributed by atoms with Gasteiger partial charge in [-0.15, -0.1) is 11.3 Å². The summed E-state index contributed by atoms with van der Waals surface area (Å²) in [6.45, 7) is 0.456. The topological polar surface area (TPSA) is 71.8 Å². The minimum atomic E-state index is -0.257. The molecule has 130 valence electrons. The van der Waals surface area contributed by atoms with E-state index in [1.165, 1.54) is 11.3 Å². The molecule has 6 nitrogen and oxygen atoms in total. The van der Waals surface area contributed by atoms with Gasteiger partial charge in [0.2, 0.25) is 0 Å². The number of rotatable bonds is 4. The quantitative estimate of drug-likeness (QED) is 0.501. The highest BCUT2D eigenvalue weighted by Gasteiger charge is 2.08. The summed E-state index contributed by atoms with van der Waals surface area (Å²) in [4.78, 5) is 20.9. The van der Waals surface area contributed by atoms with Crippen molar-refractivity contribution in [2.45, 2.75) is 6.54 Å². The van der Waals surface area contributed by atoms with Crippen LogP contribution in [0.3, 0.4) is 0 Å². The Bertz CT molecular complexity index is 1040. The third kappa shape index (κ3) is 3.61. The van der Waals surface area contributed by atoms with Crippen LogP contribution in [0.25, 0.3) is 16.9 Å². The zero-order chi connectivity index (χ0) is 17.9. The number of anilines is 1. The van der Waals surface area contributed by atoms with E-state index in [9.17, 15) is 4.79 Å². The first-order valence-corrected chi connectivity index (χ1v) is 9.57. The number of benzene rings is 2. The number of nitrogens with zero attached hydrogens (tertiary/aromatic N) is 3. The fraction of sp³-hybridized carbons (Fsp3) is 0.0556. The Morgan fingerprint density at radius 3 is 2.77 bits per heavy atom. The summed E-state index contributed by atoms with van der Waals surface area (Å²) >= 11 is 4.92. The first-order chi connectivity index (χ1) is 12.7. The van der Waals surface area contributed by atoms with Gasteiger partial charge in [0.15, 0.2) is 0 Å². The maximum atomic E-state index is 12.2. The Kier molecular flexibility index (Phi) is 4.68. The molecule has 0 bridgehead atoms. The molecule has 0 atom stereocenters. The predicted octanol–water partition coefficient (Wildman–Crippen LogP) is 4.57. The average Bonchev–Trinajstić information content (AvgIpc) is 3.30. The molecule has 0 unspecified atom stereocenters. The molecule has 2 aromatic heterocycles. The number of imidazole rings is 1. The second-order valence-corrected chi connectivity index (χ2v) is 7.23. The lowest BCUT2D eigenvalue weighted by atomic mass is 10.2. The highest BCUT2D eigenvalue weighted by Crippen LogP contribution is 2.21. The Labute approximate surface area is 162 Å². The van der Waals surface area contributed by atoms with Crippen LogP contribution in [-0.2, 0) is 6.54 Å². The summed E-state index contributed by atoms with van der Waals surface area (Å²) in [5, 5.41) is 7.66. The fourth-order valence-corrected chi connectivity index (χ4v) is 3.34. The Balaban J connectivity index is 1.47. The van der Waals surface area contributed by atoms with Crippen molar-refractivity contribution < 1.29 is 4.79 Å². The number of urea groups is 1. The maximum Gasteiger partial charge on any atom is 0.319 e. The molecule has 2 N–H and O–H groups in total. The van der Waals surface area contributed by atoms with E-state index >= 15 is 0 Å². The van der Waals surface area contributed by atoms with Gasteiger partial charge in [0.05, 0.1) is 16.5 Å². The van der Waals surface area contributed by atoms with E-state index in [2.05, 4.69) is 36.5 Å². The van der Waals surface area contributed by atoms with E-state index in [0.29, 0.717) is 12.2 Å². The summed E-state index contributed by atoms with van der Waals surface area (Å²) in [6, 6.07) is 13.2. The van der Waals surface area contributed by atoms with Crippen molar-refractivity contribution in [3.05, 3.63) is 69.7 Å². The Morgan fingerprint density at radius 2 is 2.00 bits per heavy atom. The fourth-order valence-electron chi connectivity index (χ4n) is 2.55. The number of amides is 2. The summed E-state index contributed by atoms with van der Waals surface area (Å²) in [6.07, 6.45) is 1.73. The standard InChI is InChI=1S/C18H14BrN5OS/c19-13-3-1-12(2-4-13)8-20-18(25)23-14-5-6-15-16(7-14)24(10-21-15)17-9-26-11-22-17/h1-7,9-11H,8H2,(H2,20,23,25). The van der Waals surface area contributed by atoms with Crippen LogP contribution in [0.2, 0.25) is 0 Å². The number of hydrogen-bond acceptors (Lipinski definition) is 4. The number of halogens is 1. The van der Waals surface area contributed by atoms with Gasteiger partial charge < -0.3 is 10.6 Å². The van der Waals surface area contributed by atoms with E-state index in [1.54, 1.807) is 11.8 Å². The van der Waals surface area contributed by atoms with Gasteiger partial charge in [-0.2, -0.15) is 0 Å². The molecule has 2 aromatic carbocycles. The number of carbonyl (C=O) groups is 1. The van der Waals surface area contributed by atoms with Crippen LogP contribution >= 0.6 is 27.3 Å². The highest BCUT2D eigenvalue weighted by molar-refractivity contribution is 9.10. The van der Waals surface area contributed by atoms with E-state index < -0.39 is 0 Å². The summed E-state index contributed by atoms with van der Waals surface area (Å²) in [7, 11) is 0. The van der Waals surface area contributed by atoms with Gasteiger partial charge in [0.25, 0.3) is 0 Å². The molecule has 2 amide bonds. The maximum absolute atomic E-state index is 12.2. The first kappa shape index (κ1) is 16.7. The van der Waals surface area contributed by atoms with Gasteiger partial charge >= 0.3 is 6.03 Å². The van der Waals surface area contributed by atoms with Crippen LogP contribution in [-0.4, -0.2) is 20.6 Å². The number of nitrogens with one attached hydrogen (secondary N) is 2. The molecule has 2 heterocycles. The molecule has 0 aliphatic heterocycles. The van der Waals surface area contributed by atoms with Crippen molar-refractivity contribution in [3.63, 3.8) is 0 Å². The van der Waals surface area contributed by atoms with Gasteiger partial charge in [-0.05, 0) is 35.9 Å². The minimum absolute atomic E-state index is 0.257. The van der Waals surface area contributed by atoms with Crippen LogP contribution in [0.1, 0.15) is 5.56 Å². The van der Waals surface area contributed by atoms with Crippen LogP contribution in [0.5, 0.6) is 0 Å². The average molecular weight is 428 g/mol. The van der Waals surface area contributed by atoms with Gasteiger partial charge in [0.1, 0.15) is 12.1 Å². The van der Waals surface area contributed by atoms with Crippen molar-refractivity contribution in [1.82, 2.24) is 19.9 Å². The summed E-state index contributed by atoms with van der Waals surface area (Å²) in [5.74, 6) is 0.814. The van der Waals surface area contributed by atoms with E-state index in [1.807, 2.05) is 52.4 Å². The number of fused-ring (bicyclic) bond motifs is 1. The SMILES string of the molecule is O=C(NCc1ccc(Br)cc1)Nc1ccc2ncn(-c3cscn3)c2c1. The zero-order valence-electron chi connectivity index (χ0n) is 13.5. The number of thiazole rings is 1. The molecule has 0 radical (unpaired) electrons. The lowest BCUT2D eigenvalue weighted by Crippen LogP contribution is -2.28. The number of hydrogen-bond donors (Lipinski definition) is 2. The summed E-state index contributed by atoms with van der Waals surface area (Å²) < 4.78 is 2.91. The smallest absolute Gasteiger partial charge is 0.319 e. The highest BCUT2D eigenvalue weighted by atomic mass is 79.9. The van der Waals surface area contributed by atoms with Gasteiger partial charge in [-0.25, -0.2) is 14.8 Å². The van der Waals surface area contributed by atoms with Crippen LogP contribution in [0.4, 0.5) is 10.5 Å². The third-order valence-electron chi connectivity index (χ3n) is 3.84. The summed E-state index contributed by atoms with van der Waals surface area (Å²) in [5.41, 5.74) is 5.24. The molecule has 0 spiro atoms. The molecule has 0 aliphatic rings. The molecule has 0 saturated heterocycles. The van der Waals surface area contributed by atoms with E-state index in [0.717, 1.165) is 26.9 Å². The van der Waals surface area contributed by atoms with Crippen LogP contribution in [0, 0.1) is 0 Å². The van der Waals surface area contributed by atoms with Gasteiger partial charge in [-0.1, -0.05) is 28.1 Å². The Hall–Kier alpha value is -2.71. The van der Waals surface area contributed by atoms with Crippen LogP contribution < -0.4 is 10.6 Å². The molecule has 26 heavy (non-hydrogen) atoms. The van der Waals surface area contributed by atoms with Crippen molar-refractivity contribution >= 4 is 50.0 Å². The van der Waals surface area contributed by atoms with E-state index in [4.69, 9.17) is 0 Å². The monoisotopic (exact) mass is 427 g/mol. The minimum Gasteiger partial charge on any atom is -0.334 e. The lowest BCUT2D eigenvalue weighted by Gasteiger charge is -2.08. The van der Waals surface area contributed by atoms with Crippen molar-refractivity contribution in [2.75, 3.05) is 5.32 Å². The van der Waals surface area contributed by atoms with Gasteiger partial charge in [0, 0.05) is 22.1 Å². The molecule has 4 aromatic rings. The lowest BCUT2D eigenvalue weighted by molar-refractivity contribution is 0.251. The number of carbonyl (C=O) groups excluding carboxylic acids is 1. The van der Waals surface area contributed by atoms with Gasteiger partial charge in [-0.3, -0.25) is 4.57 Å². The normalized spacial score (nSPS) is 10.8. The molecule has 4 rings (SSSR count). The molecule has 8 heteroatoms. The first-order valence-electron chi connectivity index (χ1n) is 7.84. The second-order valence-electron chi connectivity index (χ2n) is 5.60. The predicted molar refractivity (Wildman–Crippen MR) is 107 cm³/mol. The molecule has 0 saturated carbocycles. The molecule has 0 fully saturated rings. The van der Waals surface area contributed by atoms with Crippen molar-refractivity contribution in [1.29, 1.82) is 0 Å². The largest absolute Gasteiger partial charge is 0.334 e. The van der Waals surface area contributed by atoms with Crippen molar-refractivity contribution in [2.24, 2.45) is 0 Å². The number of aromatic nitrogens is 3. The third-order valence-corrected chi connectivity index (χ3v) is 4.94. The second kappa shape index (κ2) is 7.27. The van der Waals surface area contributed by atoms with Crippen molar-refractivity contribution in [3.8, 4) is 5.82 Å². The molecule has 0 aliphatic carbocycles. The molecular weight excluding hydrogens is 414 g/mol. The Morgan fingerprint density at radius 1 is 1.15 bits per heavy atom. The van der Waals surface area contributed by atoms with Crippen LogP contribution in [0.15, 0.2) is 64.2 Å². The van der Waals surface area contributed by atoms with E-state index in [-0.39, 0.29) is 6.03 Å². The zero-order valence-corrected chi connectivity index (χ0v) is 15.9. The molecular formula is C18H14BrN5OS.